The van der Waals surface area contributed by atoms with Crippen LogP contribution in [0.25, 0.3) is 0 Å². The van der Waals surface area contributed by atoms with E-state index in [1.165, 1.54) is 0 Å². The van der Waals surface area contributed by atoms with Gasteiger partial charge in [0.25, 0.3) is 0 Å². The minimum atomic E-state index is -5.25. The summed E-state index contributed by atoms with van der Waals surface area (Å²) in [5, 5.41) is 0. The van der Waals surface area contributed by atoms with Gasteiger partial charge in [0.2, 0.25) is 0 Å². The normalized spacial score (nSPS) is 8.29. The van der Waals surface area contributed by atoms with E-state index in [9.17, 15) is 0 Å². The molecule has 44 valence electrons. The maximum atomic E-state index is 8.82. The van der Waals surface area contributed by atoms with Crippen LogP contribution in [0.4, 0.5) is 0 Å². The fourth-order valence-electron chi connectivity index (χ4n) is 0. The summed E-state index contributed by atoms with van der Waals surface area (Å²) < 4.78 is 31.9. The molecule has 0 fully saturated rings. The molecule has 0 aliphatic carbocycles. The Morgan fingerprint density at radius 3 is 1.14 bits per heavy atom. The van der Waals surface area contributed by atoms with Gasteiger partial charge >= 0.3 is 29.4 Å². The van der Waals surface area contributed by atoms with E-state index in [0.717, 1.165) is 0 Å². The fourth-order valence-corrected chi connectivity index (χ4v) is 0. The third-order valence-electron chi connectivity index (χ3n) is 0. The first-order valence-electron chi connectivity index (χ1n) is 0.698. The summed E-state index contributed by atoms with van der Waals surface area (Å²) in [7, 11) is 0. The molecule has 0 atom stereocenters. The molecular formula is H4O5SeTh. The summed E-state index contributed by atoms with van der Waals surface area (Å²) in [6.45, 7) is 0. The van der Waals surface area contributed by atoms with Crippen LogP contribution < -0.4 is 0 Å². The Kier molecular flexibility index (Phi) is 12.3. The molecule has 0 radical (unpaired) electrons. The molecule has 0 aromatic carbocycles. The standard InChI is InChI=1S/H2O4Se.H2O.Th/c1-5(2,3)4;;/h(H2,1,2,3,4);1H2;. The molecule has 0 aliphatic rings. The Morgan fingerprint density at radius 1 is 1.14 bits per heavy atom. The molecule has 0 unspecified atom stereocenters. The molecule has 0 aromatic heterocycles. The van der Waals surface area contributed by atoms with Gasteiger partial charge in [-0.25, -0.2) is 0 Å². The van der Waals surface area contributed by atoms with Crippen molar-refractivity contribution in [3.8, 4) is 0 Å². The molecule has 7 heavy (non-hydrogen) atoms. The summed E-state index contributed by atoms with van der Waals surface area (Å²) >= 11 is -5.25. The third kappa shape index (κ3) is 118. The maximum absolute atomic E-state index is 8.82. The smallest absolute Gasteiger partial charge is 0 e. The van der Waals surface area contributed by atoms with E-state index < -0.39 is 13.4 Å². The van der Waals surface area contributed by atoms with Gasteiger partial charge in [0.1, 0.15) is 0 Å². The number of rotatable bonds is 0. The van der Waals surface area contributed by atoms with Crippen LogP contribution >= 0.6 is 0 Å². The van der Waals surface area contributed by atoms with Crippen molar-refractivity contribution in [3.05, 3.63) is 0 Å². The summed E-state index contributed by atoms with van der Waals surface area (Å²) in [6.07, 6.45) is 0. The van der Waals surface area contributed by atoms with Crippen LogP contribution in [0.1, 0.15) is 0 Å². The Morgan fingerprint density at radius 2 is 1.14 bits per heavy atom. The van der Waals surface area contributed by atoms with E-state index >= 15 is 0 Å². The second-order valence-electron chi connectivity index (χ2n) is 0.448. The summed E-state index contributed by atoms with van der Waals surface area (Å²) in [5.74, 6) is 0. The monoisotopic (exact) mass is 396 g/mol. The van der Waals surface area contributed by atoms with Gasteiger partial charge in [0.05, 0.1) is 0 Å². The first-order chi connectivity index (χ1) is 2.00. The predicted octanol–water partition coefficient (Wildman–Crippen LogP) is -2.56. The molecule has 0 heterocycles. The average Bonchev–Trinajstić information content (AvgIpc) is 0.722. The molecule has 0 aromatic rings. The van der Waals surface area contributed by atoms with Gasteiger partial charge in [-0.1, -0.05) is 0 Å². The summed E-state index contributed by atoms with van der Waals surface area (Å²) in [4.78, 5) is 0. The topological polar surface area (TPSA) is 106 Å². The van der Waals surface area contributed by atoms with E-state index in [1.54, 1.807) is 0 Å². The molecule has 7 heteroatoms. The van der Waals surface area contributed by atoms with Crippen LogP contribution in [-0.4, -0.2) is 27.2 Å². The Balaban J connectivity index is -0.0000000800. The Labute approximate surface area is 74.0 Å². The maximum Gasteiger partial charge on any atom is 0 e. The van der Waals surface area contributed by atoms with E-state index in [1.807, 2.05) is 0 Å². The Hall–Kier alpha value is 1.32. The zero-order valence-corrected chi connectivity index (χ0v) is 8.94. The van der Waals surface area contributed by atoms with Crippen LogP contribution in [0, 0.1) is 39.9 Å². The molecule has 0 rings (SSSR count). The Bertz CT molecular complexity index is 91.2. The van der Waals surface area contributed by atoms with E-state index in [2.05, 4.69) is 0 Å². The van der Waals surface area contributed by atoms with Gasteiger partial charge < -0.3 is 5.48 Å². The van der Waals surface area contributed by atoms with Gasteiger partial charge in [-0.2, -0.15) is 0 Å². The van der Waals surface area contributed by atoms with Crippen molar-refractivity contribution in [2.45, 2.75) is 0 Å². The average molecular weight is 395 g/mol. The van der Waals surface area contributed by atoms with E-state index in [0.29, 0.717) is 0 Å². The summed E-state index contributed by atoms with van der Waals surface area (Å²) in [6, 6.07) is 0. The molecule has 5 nitrogen and oxygen atoms in total. The summed E-state index contributed by atoms with van der Waals surface area (Å²) in [5.41, 5.74) is 0. The molecule has 0 spiro atoms. The molecule has 0 saturated carbocycles. The minimum absolute atomic E-state index is 0. The molecule has 4 N–H and O–H groups in total. The fraction of sp³-hybridized carbons (Fsp3) is 0. The van der Waals surface area contributed by atoms with Gasteiger partial charge in [-0.05, 0) is 0 Å². The molecule has 0 amide bonds. The van der Waals surface area contributed by atoms with Gasteiger partial charge in [0.15, 0.2) is 0 Å². The van der Waals surface area contributed by atoms with Crippen LogP contribution in [0.5, 0.6) is 0 Å². The van der Waals surface area contributed by atoms with Crippen molar-refractivity contribution >= 4 is 13.4 Å². The molecular weight excluding hydrogens is 391 g/mol. The van der Waals surface area contributed by atoms with Crippen LogP contribution in [0.2, 0.25) is 0 Å². The first-order valence-corrected chi connectivity index (χ1v) is 3.63. The van der Waals surface area contributed by atoms with Crippen LogP contribution in [0.15, 0.2) is 0 Å². The SMILES string of the molecule is O.O=[Se](=O)(O)O.[Th]. The largest absolute Gasteiger partial charge is 0 e. The van der Waals surface area contributed by atoms with Gasteiger partial charge in [-0.15, -0.1) is 0 Å². The molecule has 0 saturated heterocycles. The van der Waals surface area contributed by atoms with Gasteiger partial charge in [0, 0.05) is 39.9 Å². The minimum Gasteiger partial charge on any atom is 0 e. The van der Waals surface area contributed by atoms with Crippen LogP contribution in [-0.2, 0) is 7.67 Å². The van der Waals surface area contributed by atoms with Gasteiger partial charge in [-0.3, -0.25) is 0 Å². The van der Waals surface area contributed by atoms with Crippen molar-refractivity contribution < 1.29 is 61.5 Å². The second kappa shape index (κ2) is 5.46. The molecule has 0 bridgehead atoms. The second-order valence-corrected chi connectivity index (χ2v) is 2.33. The van der Waals surface area contributed by atoms with E-state index in [4.69, 9.17) is 16.0 Å². The van der Waals surface area contributed by atoms with Crippen molar-refractivity contribution in [1.82, 2.24) is 0 Å². The predicted molar refractivity (Wildman–Crippen MR) is 15.2 cm³/mol. The zero-order valence-electron chi connectivity index (χ0n) is 3.12. The first kappa shape index (κ1) is 15.8. The van der Waals surface area contributed by atoms with Crippen LogP contribution in [0.3, 0.4) is 0 Å². The van der Waals surface area contributed by atoms with Crippen molar-refractivity contribution in [3.63, 3.8) is 0 Å². The molecule has 0 aliphatic heterocycles. The number of hydrogen-bond donors (Lipinski definition) is 2. The van der Waals surface area contributed by atoms with Crippen molar-refractivity contribution in [2.75, 3.05) is 0 Å². The quantitative estimate of drug-likeness (QED) is 0.441. The van der Waals surface area contributed by atoms with E-state index in [-0.39, 0.29) is 45.4 Å². The zero-order chi connectivity index (χ0) is 4.50. The van der Waals surface area contributed by atoms with Crippen molar-refractivity contribution in [1.29, 1.82) is 0 Å². The third-order valence-corrected chi connectivity index (χ3v) is 0. The number of hydrogen-bond acceptors (Lipinski definition) is 2. The van der Waals surface area contributed by atoms with Crippen molar-refractivity contribution in [2.24, 2.45) is 0 Å².